The van der Waals surface area contributed by atoms with E-state index in [1.807, 2.05) is 55.5 Å². The van der Waals surface area contributed by atoms with Gasteiger partial charge in [-0.25, -0.2) is 0 Å². The van der Waals surface area contributed by atoms with Crippen LogP contribution in [0.25, 0.3) is 0 Å². The molecule has 0 unspecified atom stereocenters. The third kappa shape index (κ3) is 4.14. The maximum atomic E-state index is 12.3. The number of anilines is 1. The molecule has 2 amide bonds. The van der Waals surface area contributed by atoms with E-state index < -0.39 is 0 Å². The average molecular weight is 354 g/mol. The van der Waals surface area contributed by atoms with Crippen LogP contribution in [0.4, 0.5) is 5.69 Å². The molecule has 1 saturated heterocycles. The van der Waals surface area contributed by atoms with Crippen molar-refractivity contribution in [2.45, 2.75) is 19.4 Å². The molecule has 1 aliphatic rings. The van der Waals surface area contributed by atoms with Crippen molar-refractivity contribution >= 4 is 17.5 Å². The number of nitrogens with one attached hydrogen (secondary N) is 1. The molecule has 3 rings (SSSR count). The number of aryl methyl sites for hydroxylation is 1. The van der Waals surface area contributed by atoms with Crippen LogP contribution in [0.3, 0.4) is 0 Å². The Balaban J connectivity index is 1.53. The summed E-state index contributed by atoms with van der Waals surface area (Å²) < 4.78 is 10.7. The molecule has 26 heavy (non-hydrogen) atoms. The van der Waals surface area contributed by atoms with Gasteiger partial charge in [0.1, 0.15) is 11.5 Å². The van der Waals surface area contributed by atoms with Crippen molar-refractivity contribution in [2.75, 3.05) is 25.2 Å². The second-order valence-electron chi connectivity index (χ2n) is 6.23. The Bertz CT molecular complexity index is 789. The first kappa shape index (κ1) is 17.8. The Morgan fingerprint density at radius 1 is 1.19 bits per heavy atom. The lowest BCUT2D eigenvalue weighted by Gasteiger charge is -2.17. The zero-order chi connectivity index (χ0) is 18.5. The van der Waals surface area contributed by atoms with Gasteiger partial charge in [-0.2, -0.15) is 0 Å². The minimum absolute atomic E-state index is 0.0136. The first-order valence-electron chi connectivity index (χ1n) is 8.49. The van der Waals surface area contributed by atoms with E-state index in [9.17, 15) is 9.59 Å². The normalized spacial score (nSPS) is 16.5. The average Bonchev–Trinajstić information content (AvgIpc) is 3.01. The van der Waals surface area contributed by atoms with Gasteiger partial charge < -0.3 is 19.7 Å². The Morgan fingerprint density at radius 3 is 2.62 bits per heavy atom. The summed E-state index contributed by atoms with van der Waals surface area (Å²) in [6, 6.07) is 14.6. The van der Waals surface area contributed by atoms with Gasteiger partial charge in [-0.15, -0.1) is 0 Å². The van der Waals surface area contributed by atoms with Crippen molar-refractivity contribution in [3.05, 3.63) is 54.1 Å². The van der Waals surface area contributed by atoms with E-state index in [2.05, 4.69) is 5.32 Å². The molecular weight excluding hydrogens is 332 g/mol. The molecule has 2 aromatic carbocycles. The topological polar surface area (TPSA) is 67.9 Å². The molecule has 6 nitrogen and oxygen atoms in total. The minimum Gasteiger partial charge on any atom is -0.497 e. The molecule has 0 spiro atoms. The molecule has 1 atom stereocenters. The van der Waals surface area contributed by atoms with Crippen LogP contribution >= 0.6 is 0 Å². The molecule has 0 radical (unpaired) electrons. The van der Waals surface area contributed by atoms with Crippen molar-refractivity contribution in [1.29, 1.82) is 0 Å². The van der Waals surface area contributed by atoms with Crippen molar-refractivity contribution in [1.82, 2.24) is 5.32 Å². The molecule has 6 heteroatoms. The van der Waals surface area contributed by atoms with E-state index in [1.165, 1.54) is 0 Å². The van der Waals surface area contributed by atoms with Crippen LogP contribution in [0.2, 0.25) is 0 Å². The van der Waals surface area contributed by atoms with Gasteiger partial charge in [0.15, 0.2) is 6.61 Å². The molecule has 0 saturated carbocycles. The monoisotopic (exact) mass is 354 g/mol. The Kier molecular flexibility index (Phi) is 5.41. The molecule has 1 fully saturated rings. The highest BCUT2D eigenvalue weighted by Crippen LogP contribution is 2.24. The standard InChI is InChI=1S/C20H22N2O4/c1-14-5-3-4-6-18(14)26-13-19(23)21-15-11-20(24)22(12-15)16-7-9-17(25-2)10-8-16/h3-10,15H,11-13H2,1-2H3,(H,21,23)/t15-/m0/s1. The first-order chi connectivity index (χ1) is 12.6. The van der Waals surface area contributed by atoms with Gasteiger partial charge in [-0.1, -0.05) is 18.2 Å². The lowest BCUT2D eigenvalue weighted by molar-refractivity contribution is -0.123. The second-order valence-corrected chi connectivity index (χ2v) is 6.23. The van der Waals surface area contributed by atoms with Crippen LogP contribution in [-0.4, -0.2) is 38.1 Å². The van der Waals surface area contributed by atoms with Crippen molar-refractivity contribution in [3.8, 4) is 11.5 Å². The third-order valence-electron chi connectivity index (χ3n) is 4.33. The molecule has 0 aliphatic carbocycles. The number of hydrogen-bond acceptors (Lipinski definition) is 4. The molecule has 2 aromatic rings. The van der Waals surface area contributed by atoms with Gasteiger partial charge >= 0.3 is 0 Å². The molecule has 1 N–H and O–H groups in total. The maximum Gasteiger partial charge on any atom is 0.258 e. The predicted octanol–water partition coefficient (Wildman–Crippen LogP) is 2.30. The van der Waals surface area contributed by atoms with Gasteiger partial charge in [0.05, 0.1) is 13.2 Å². The molecule has 136 valence electrons. The Morgan fingerprint density at radius 2 is 1.92 bits per heavy atom. The quantitative estimate of drug-likeness (QED) is 0.864. The fourth-order valence-electron chi connectivity index (χ4n) is 2.95. The summed E-state index contributed by atoms with van der Waals surface area (Å²) in [4.78, 5) is 26.1. The number of nitrogens with zero attached hydrogens (tertiary/aromatic N) is 1. The van der Waals surface area contributed by atoms with E-state index in [1.54, 1.807) is 12.0 Å². The van der Waals surface area contributed by atoms with Crippen LogP contribution < -0.4 is 19.7 Å². The minimum atomic E-state index is -0.234. The zero-order valence-electron chi connectivity index (χ0n) is 14.9. The van der Waals surface area contributed by atoms with E-state index in [-0.39, 0.29) is 30.9 Å². The van der Waals surface area contributed by atoms with Gasteiger partial charge in [-0.05, 0) is 42.8 Å². The Hall–Kier alpha value is -3.02. The fourth-order valence-corrected chi connectivity index (χ4v) is 2.95. The number of rotatable bonds is 6. The molecule has 0 aromatic heterocycles. The second kappa shape index (κ2) is 7.91. The van der Waals surface area contributed by atoms with Gasteiger partial charge in [0, 0.05) is 18.7 Å². The van der Waals surface area contributed by atoms with E-state index in [0.29, 0.717) is 12.3 Å². The summed E-state index contributed by atoms with van der Waals surface area (Å²) in [6.45, 7) is 2.30. The third-order valence-corrected chi connectivity index (χ3v) is 4.33. The number of carbonyl (C=O) groups is 2. The lowest BCUT2D eigenvalue weighted by Crippen LogP contribution is -2.39. The first-order valence-corrected chi connectivity index (χ1v) is 8.49. The molecule has 1 heterocycles. The van der Waals surface area contributed by atoms with Gasteiger partial charge in [0.2, 0.25) is 5.91 Å². The van der Waals surface area contributed by atoms with Gasteiger partial charge in [0.25, 0.3) is 5.91 Å². The summed E-state index contributed by atoms with van der Waals surface area (Å²) in [6.07, 6.45) is 0.280. The smallest absolute Gasteiger partial charge is 0.258 e. The largest absolute Gasteiger partial charge is 0.497 e. The molecular formula is C20H22N2O4. The fraction of sp³-hybridized carbons (Fsp3) is 0.300. The van der Waals surface area contributed by atoms with Crippen molar-refractivity contribution in [2.24, 2.45) is 0 Å². The number of amides is 2. The molecule has 1 aliphatic heterocycles. The number of ether oxygens (including phenoxy) is 2. The lowest BCUT2D eigenvalue weighted by atomic mass is 10.2. The summed E-state index contributed by atoms with van der Waals surface area (Å²) in [7, 11) is 1.60. The summed E-state index contributed by atoms with van der Waals surface area (Å²) in [5.41, 5.74) is 1.77. The zero-order valence-corrected chi connectivity index (χ0v) is 14.9. The molecule has 0 bridgehead atoms. The van der Waals surface area contributed by atoms with Crippen LogP contribution in [-0.2, 0) is 9.59 Å². The summed E-state index contributed by atoms with van der Waals surface area (Å²) >= 11 is 0. The number of hydrogen-bond donors (Lipinski definition) is 1. The number of carbonyl (C=O) groups excluding carboxylic acids is 2. The van der Waals surface area contributed by atoms with Crippen molar-refractivity contribution in [3.63, 3.8) is 0 Å². The Labute approximate surface area is 152 Å². The van der Waals surface area contributed by atoms with Crippen LogP contribution in [0.5, 0.6) is 11.5 Å². The van der Waals surface area contributed by atoms with E-state index in [0.717, 1.165) is 17.0 Å². The number of benzene rings is 2. The highest BCUT2D eigenvalue weighted by Gasteiger charge is 2.31. The summed E-state index contributed by atoms with van der Waals surface area (Å²) in [5, 5.41) is 2.87. The number of methoxy groups -OCH3 is 1. The SMILES string of the molecule is COc1ccc(N2C[C@@H](NC(=O)COc3ccccc3C)CC2=O)cc1. The van der Waals surface area contributed by atoms with Crippen LogP contribution in [0.15, 0.2) is 48.5 Å². The van der Waals surface area contributed by atoms with Gasteiger partial charge in [-0.3, -0.25) is 9.59 Å². The van der Waals surface area contributed by atoms with E-state index in [4.69, 9.17) is 9.47 Å². The van der Waals surface area contributed by atoms with Crippen LogP contribution in [0.1, 0.15) is 12.0 Å². The maximum absolute atomic E-state index is 12.3. The predicted molar refractivity (Wildman–Crippen MR) is 98.6 cm³/mol. The summed E-state index contributed by atoms with van der Waals surface area (Å²) in [5.74, 6) is 1.17. The highest BCUT2D eigenvalue weighted by atomic mass is 16.5. The van der Waals surface area contributed by atoms with Crippen molar-refractivity contribution < 1.29 is 19.1 Å². The van der Waals surface area contributed by atoms with Crippen LogP contribution in [0, 0.1) is 6.92 Å². The van der Waals surface area contributed by atoms with E-state index >= 15 is 0 Å². The highest BCUT2D eigenvalue weighted by molar-refractivity contribution is 5.97. The number of para-hydroxylation sites is 1.